The van der Waals surface area contributed by atoms with Gasteiger partial charge in [0, 0.05) is 0 Å². The summed E-state index contributed by atoms with van der Waals surface area (Å²) in [5, 5.41) is 12.9. The summed E-state index contributed by atoms with van der Waals surface area (Å²) >= 11 is 4.97. The van der Waals surface area contributed by atoms with Crippen molar-refractivity contribution in [1.29, 1.82) is 0 Å². The molecule has 0 heterocycles. The molecular weight excluding hydrogens is 1020 g/mol. The van der Waals surface area contributed by atoms with Gasteiger partial charge in [-0.05, 0) is 109 Å². The van der Waals surface area contributed by atoms with Crippen LogP contribution in [0.4, 0.5) is 0 Å². The van der Waals surface area contributed by atoms with Crippen LogP contribution in [0.5, 0.6) is 0 Å². The fraction of sp³-hybridized carbons (Fsp3) is 0. The van der Waals surface area contributed by atoms with Crippen molar-refractivity contribution in [2.75, 3.05) is 0 Å². The van der Waals surface area contributed by atoms with E-state index in [-0.39, 0.29) is 0 Å². The van der Waals surface area contributed by atoms with Crippen LogP contribution in [0.15, 0.2) is 273 Å². The normalized spacial score (nSPS) is 10.3. The Morgan fingerprint density at radius 1 is 0.169 bits per heavy atom. The van der Waals surface area contributed by atoms with E-state index in [1.165, 1.54) is 47.7 Å². The van der Waals surface area contributed by atoms with E-state index < -0.39 is 23.8 Å². The molecule has 0 radical (unpaired) electrons. The molecular formula is C54H48AuBrP3+3. The summed E-state index contributed by atoms with van der Waals surface area (Å²) in [6, 6.07) is 97.5. The van der Waals surface area contributed by atoms with Crippen molar-refractivity contribution >= 4 is 84.5 Å². The molecule has 0 N–H and O–H groups in total. The molecule has 0 saturated carbocycles. The minimum Gasteiger partial charge on any atom is -0.0620 e. The molecule has 0 atom stereocenters. The molecule has 0 aliphatic rings. The van der Waals surface area contributed by atoms with Crippen molar-refractivity contribution in [2.24, 2.45) is 0 Å². The Kier molecular flexibility index (Phi) is 18.8. The van der Waals surface area contributed by atoms with Gasteiger partial charge in [0.1, 0.15) is 47.7 Å². The Morgan fingerprint density at radius 2 is 0.254 bits per heavy atom. The third-order valence-electron chi connectivity index (χ3n) is 9.56. The molecule has 9 aromatic carbocycles. The van der Waals surface area contributed by atoms with Crippen LogP contribution >= 0.6 is 36.8 Å². The first-order chi connectivity index (χ1) is 29.3. The summed E-state index contributed by atoms with van der Waals surface area (Å²) in [6.07, 6.45) is 0. The third-order valence-corrected chi connectivity index (χ3v) is 17.8. The molecule has 0 aliphatic heterocycles. The molecule has 0 fully saturated rings. The number of hydrogen-bond acceptors (Lipinski definition) is 0. The van der Waals surface area contributed by atoms with Gasteiger partial charge in [0.25, 0.3) is 0 Å². The van der Waals surface area contributed by atoms with Crippen LogP contribution in [0.2, 0.25) is 0 Å². The first-order valence-electron chi connectivity index (χ1n) is 19.6. The van der Waals surface area contributed by atoms with Crippen LogP contribution in [0.3, 0.4) is 0 Å². The first kappa shape index (κ1) is 44.1. The van der Waals surface area contributed by atoms with E-state index in [9.17, 15) is 0 Å². The number of benzene rings is 9. The van der Waals surface area contributed by atoms with Gasteiger partial charge in [-0.15, -0.1) is 0 Å². The van der Waals surface area contributed by atoms with E-state index in [0.717, 1.165) is 0 Å². The quantitative estimate of drug-likeness (QED) is 0.0999. The van der Waals surface area contributed by atoms with Crippen LogP contribution in [-0.4, -0.2) is 0 Å². The van der Waals surface area contributed by atoms with E-state index in [1.54, 1.807) is 0 Å². The van der Waals surface area contributed by atoms with E-state index in [4.69, 9.17) is 0 Å². The number of rotatable bonds is 9. The molecule has 0 nitrogen and oxygen atoms in total. The Balaban J connectivity index is 0.000000146. The van der Waals surface area contributed by atoms with Crippen LogP contribution in [0.1, 0.15) is 0 Å². The fourth-order valence-electron chi connectivity index (χ4n) is 6.94. The van der Waals surface area contributed by atoms with Crippen molar-refractivity contribution in [3.8, 4) is 0 Å². The SMILES string of the molecule is [Br][Au].c1ccc([PH+](c2ccccc2)c2ccccc2)cc1.c1ccc([PH+](c2ccccc2)c2ccccc2)cc1.c1ccc([PH+](c2ccccc2)c2ccccc2)cc1. The van der Waals surface area contributed by atoms with Crippen LogP contribution in [-0.2, 0) is 18.9 Å². The Bertz CT molecular complexity index is 1870. The molecule has 5 heteroatoms. The van der Waals surface area contributed by atoms with Crippen LogP contribution in [0.25, 0.3) is 0 Å². The predicted octanol–water partition coefficient (Wildman–Crippen LogP) is 10.4. The summed E-state index contributed by atoms with van der Waals surface area (Å²) in [7, 11) is -2.63. The van der Waals surface area contributed by atoms with Crippen molar-refractivity contribution in [2.45, 2.75) is 0 Å². The maximum atomic E-state index is 2.88. The Labute approximate surface area is 373 Å². The zero-order valence-electron chi connectivity index (χ0n) is 32.7. The summed E-state index contributed by atoms with van der Waals surface area (Å²) in [5.74, 6) is 0. The minimum absolute atomic E-state index is 0.877. The molecule has 59 heavy (non-hydrogen) atoms. The van der Waals surface area contributed by atoms with Gasteiger partial charge in [0.2, 0.25) is 0 Å². The average Bonchev–Trinajstić information content (AvgIpc) is 3.34. The third kappa shape index (κ3) is 13.2. The van der Waals surface area contributed by atoms with E-state index in [2.05, 4.69) is 305 Å². The van der Waals surface area contributed by atoms with Crippen molar-refractivity contribution in [3.63, 3.8) is 0 Å². The second-order valence-corrected chi connectivity index (χ2v) is 20.9. The molecule has 0 aromatic heterocycles. The van der Waals surface area contributed by atoms with Gasteiger partial charge in [0.05, 0.1) is 23.8 Å². The molecule has 0 saturated heterocycles. The summed E-state index contributed by atoms with van der Waals surface area (Å²) in [4.78, 5) is 0. The predicted molar refractivity (Wildman–Crippen MR) is 269 cm³/mol. The molecule has 0 aliphatic carbocycles. The van der Waals surface area contributed by atoms with Gasteiger partial charge in [-0.25, -0.2) is 0 Å². The van der Waals surface area contributed by atoms with E-state index in [1.807, 2.05) is 0 Å². The van der Waals surface area contributed by atoms with E-state index >= 15 is 0 Å². The summed E-state index contributed by atoms with van der Waals surface area (Å²) in [6.45, 7) is 0. The average molecular weight is 1070 g/mol. The van der Waals surface area contributed by atoms with Crippen molar-refractivity contribution in [3.05, 3.63) is 273 Å². The number of hydrogen-bond donors (Lipinski definition) is 0. The maximum absolute atomic E-state index is 2.88. The summed E-state index contributed by atoms with van der Waals surface area (Å²) in [5.41, 5.74) is 0. The second-order valence-electron chi connectivity index (χ2n) is 13.4. The first-order valence-corrected chi connectivity index (χ1v) is 28.8. The van der Waals surface area contributed by atoms with E-state index in [0.29, 0.717) is 0 Å². The maximum Gasteiger partial charge on any atom is 0.102 e. The molecule has 0 amide bonds. The van der Waals surface area contributed by atoms with Gasteiger partial charge >= 0.3 is 32.0 Å². The van der Waals surface area contributed by atoms with Crippen LogP contribution in [0, 0.1) is 0 Å². The zero-order chi connectivity index (χ0) is 40.7. The Morgan fingerprint density at radius 3 is 0.339 bits per heavy atom. The minimum atomic E-state index is -0.877. The summed E-state index contributed by atoms with van der Waals surface area (Å²) < 4.78 is 0. The van der Waals surface area contributed by atoms with Gasteiger partial charge < -0.3 is 0 Å². The number of halogens is 1. The monoisotopic (exact) mass is 1070 g/mol. The van der Waals surface area contributed by atoms with Crippen molar-refractivity contribution < 1.29 is 18.9 Å². The smallest absolute Gasteiger partial charge is 0.0620 e. The van der Waals surface area contributed by atoms with Gasteiger partial charge in [-0.3, -0.25) is 0 Å². The van der Waals surface area contributed by atoms with Gasteiger partial charge in [-0.2, -0.15) is 0 Å². The Hall–Kier alpha value is -4.51. The topological polar surface area (TPSA) is 0 Å². The standard InChI is InChI=1S/3C18H15P.Au.BrH/c3*1-4-10-16(11-5-1)19(17-12-6-2-7-13-17)18-14-8-3-9-15-18;;/h3*1-15H;;1H/q;;;+1;/p+2. The molecule has 9 rings (SSSR count). The van der Waals surface area contributed by atoms with Crippen molar-refractivity contribution in [1.82, 2.24) is 0 Å². The molecule has 0 bridgehead atoms. The zero-order valence-corrected chi connectivity index (χ0v) is 39.4. The van der Waals surface area contributed by atoms with Gasteiger partial charge in [-0.1, -0.05) is 164 Å². The molecule has 0 unspecified atom stereocenters. The molecule has 0 spiro atoms. The van der Waals surface area contributed by atoms with Gasteiger partial charge in [0.15, 0.2) is 0 Å². The fourth-order valence-corrected chi connectivity index (χ4v) is 14.7. The largest absolute Gasteiger partial charge is 0.102 e. The van der Waals surface area contributed by atoms with Crippen LogP contribution < -0.4 is 47.7 Å². The molecule has 294 valence electrons. The second kappa shape index (κ2) is 25.2. The molecule has 9 aromatic rings.